The molecule has 1 heterocycles. The third kappa shape index (κ3) is 3.37. The van der Waals surface area contributed by atoms with Crippen LogP contribution in [0.15, 0.2) is 16.7 Å². The molecule has 0 saturated heterocycles. The highest BCUT2D eigenvalue weighted by molar-refractivity contribution is 9.10. The van der Waals surface area contributed by atoms with E-state index in [0.29, 0.717) is 5.92 Å². The van der Waals surface area contributed by atoms with Crippen LogP contribution in [0.1, 0.15) is 44.6 Å². The Labute approximate surface area is 118 Å². The molecule has 102 valence electrons. The Bertz CT molecular complexity index is 412. The van der Waals surface area contributed by atoms with Gasteiger partial charge in [-0.25, -0.2) is 0 Å². The normalized spacial score (nSPS) is 12.8. The third-order valence-electron chi connectivity index (χ3n) is 3.44. The quantitative estimate of drug-likeness (QED) is 0.812. The van der Waals surface area contributed by atoms with E-state index >= 15 is 0 Å². The highest BCUT2D eigenvalue weighted by Gasteiger charge is 2.22. The molecule has 0 radical (unpaired) electrons. The molecule has 1 atom stereocenters. The molecule has 3 nitrogen and oxygen atoms in total. The van der Waals surface area contributed by atoms with Crippen molar-refractivity contribution in [3.63, 3.8) is 0 Å². The zero-order valence-corrected chi connectivity index (χ0v) is 13.5. The fourth-order valence-electron chi connectivity index (χ4n) is 1.89. The van der Waals surface area contributed by atoms with Gasteiger partial charge in [0.25, 0.3) is 5.91 Å². The summed E-state index contributed by atoms with van der Waals surface area (Å²) in [6.45, 7) is 9.34. The Morgan fingerprint density at radius 3 is 2.56 bits per heavy atom. The summed E-state index contributed by atoms with van der Waals surface area (Å²) in [6, 6.07) is 2.14. The molecule has 1 aromatic rings. The van der Waals surface area contributed by atoms with E-state index in [1.54, 1.807) is 0 Å². The van der Waals surface area contributed by atoms with Gasteiger partial charge in [-0.1, -0.05) is 20.8 Å². The van der Waals surface area contributed by atoms with Crippen LogP contribution in [0.2, 0.25) is 0 Å². The summed E-state index contributed by atoms with van der Waals surface area (Å²) in [6.07, 6.45) is 3.00. The SMILES string of the molecule is CCCn1cc(Br)cc1C(=O)N(C)C(C)C(C)C. The van der Waals surface area contributed by atoms with Crippen molar-refractivity contribution >= 4 is 21.8 Å². The van der Waals surface area contributed by atoms with Gasteiger partial charge in [-0.3, -0.25) is 4.79 Å². The smallest absolute Gasteiger partial charge is 0.270 e. The number of aryl methyl sites for hydroxylation is 1. The topological polar surface area (TPSA) is 25.2 Å². The van der Waals surface area contributed by atoms with Crippen LogP contribution in [-0.4, -0.2) is 28.5 Å². The fraction of sp³-hybridized carbons (Fsp3) is 0.643. The number of amides is 1. The van der Waals surface area contributed by atoms with Gasteiger partial charge in [0.05, 0.1) is 0 Å². The lowest BCUT2D eigenvalue weighted by molar-refractivity contribution is 0.0696. The Morgan fingerprint density at radius 1 is 1.44 bits per heavy atom. The second kappa shape index (κ2) is 6.41. The lowest BCUT2D eigenvalue weighted by Crippen LogP contribution is -2.39. The Balaban J connectivity index is 2.95. The molecule has 0 aliphatic rings. The van der Waals surface area contributed by atoms with Gasteiger partial charge in [0.1, 0.15) is 5.69 Å². The molecule has 0 aliphatic carbocycles. The second-order valence-electron chi connectivity index (χ2n) is 5.14. The van der Waals surface area contributed by atoms with E-state index in [4.69, 9.17) is 0 Å². The van der Waals surface area contributed by atoms with Gasteiger partial charge in [-0.15, -0.1) is 0 Å². The molecule has 1 amide bonds. The van der Waals surface area contributed by atoms with Crippen LogP contribution in [0.25, 0.3) is 0 Å². The summed E-state index contributed by atoms with van der Waals surface area (Å²) in [5.41, 5.74) is 0.763. The molecule has 1 rings (SSSR count). The van der Waals surface area contributed by atoms with E-state index in [-0.39, 0.29) is 11.9 Å². The van der Waals surface area contributed by atoms with Crippen LogP contribution in [0.4, 0.5) is 0 Å². The first-order chi connectivity index (χ1) is 8.38. The van der Waals surface area contributed by atoms with Gasteiger partial charge in [0.15, 0.2) is 0 Å². The predicted molar refractivity (Wildman–Crippen MR) is 78.8 cm³/mol. The van der Waals surface area contributed by atoms with Crippen LogP contribution in [0, 0.1) is 5.92 Å². The summed E-state index contributed by atoms with van der Waals surface area (Å²) in [4.78, 5) is 14.3. The summed E-state index contributed by atoms with van der Waals surface area (Å²) >= 11 is 3.44. The molecule has 18 heavy (non-hydrogen) atoms. The third-order valence-corrected chi connectivity index (χ3v) is 3.88. The maximum atomic E-state index is 12.5. The first kappa shape index (κ1) is 15.3. The van der Waals surface area contributed by atoms with E-state index in [0.717, 1.165) is 23.1 Å². The first-order valence-electron chi connectivity index (χ1n) is 6.51. The lowest BCUT2D eigenvalue weighted by Gasteiger charge is -2.28. The molecule has 1 aromatic heterocycles. The van der Waals surface area contributed by atoms with E-state index < -0.39 is 0 Å². The van der Waals surface area contributed by atoms with Crippen LogP contribution in [-0.2, 0) is 6.54 Å². The van der Waals surface area contributed by atoms with E-state index in [9.17, 15) is 4.79 Å². The summed E-state index contributed by atoms with van der Waals surface area (Å²) in [7, 11) is 1.88. The minimum absolute atomic E-state index is 0.0929. The average Bonchev–Trinajstić information content (AvgIpc) is 2.67. The molecule has 0 fully saturated rings. The monoisotopic (exact) mass is 314 g/mol. The number of carbonyl (C=O) groups excluding carboxylic acids is 1. The van der Waals surface area contributed by atoms with E-state index in [1.807, 2.05) is 28.8 Å². The largest absolute Gasteiger partial charge is 0.342 e. The first-order valence-corrected chi connectivity index (χ1v) is 7.30. The Hall–Kier alpha value is -0.770. The standard InChI is InChI=1S/C14H23BrN2O/c1-6-7-17-9-12(15)8-13(17)14(18)16(5)11(4)10(2)3/h8-11H,6-7H2,1-5H3. The van der Waals surface area contributed by atoms with Crippen molar-refractivity contribution in [1.29, 1.82) is 0 Å². The minimum Gasteiger partial charge on any atom is -0.342 e. The number of hydrogen-bond donors (Lipinski definition) is 0. The highest BCUT2D eigenvalue weighted by Crippen LogP contribution is 2.19. The van der Waals surface area contributed by atoms with E-state index in [1.165, 1.54) is 0 Å². The lowest BCUT2D eigenvalue weighted by atomic mass is 10.1. The van der Waals surface area contributed by atoms with Crippen LogP contribution >= 0.6 is 15.9 Å². The molecular formula is C14H23BrN2O. The molecule has 0 saturated carbocycles. The van der Waals surface area contributed by atoms with Gasteiger partial charge in [-0.2, -0.15) is 0 Å². The molecule has 1 unspecified atom stereocenters. The number of halogens is 1. The second-order valence-corrected chi connectivity index (χ2v) is 6.05. The van der Waals surface area contributed by atoms with Crippen molar-refractivity contribution in [2.24, 2.45) is 5.92 Å². The Kier molecular flexibility index (Phi) is 5.45. The van der Waals surface area contributed by atoms with Crippen molar-refractivity contribution in [1.82, 2.24) is 9.47 Å². The van der Waals surface area contributed by atoms with Crippen molar-refractivity contribution < 1.29 is 4.79 Å². The number of nitrogens with zero attached hydrogens (tertiary/aromatic N) is 2. The van der Waals surface area contributed by atoms with Crippen LogP contribution < -0.4 is 0 Å². The molecule has 4 heteroatoms. The van der Waals surface area contributed by atoms with Crippen LogP contribution in [0.3, 0.4) is 0 Å². The maximum absolute atomic E-state index is 12.5. The number of rotatable bonds is 5. The summed E-state index contributed by atoms with van der Waals surface area (Å²) in [5, 5.41) is 0. The van der Waals surface area contributed by atoms with Crippen molar-refractivity contribution in [2.45, 2.75) is 46.7 Å². The van der Waals surface area contributed by atoms with Gasteiger partial charge < -0.3 is 9.47 Å². The van der Waals surface area contributed by atoms with Gasteiger partial charge in [0, 0.05) is 30.3 Å². The number of carbonyl (C=O) groups is 1. The highest BCUT2D eigenvalue weighted by atomic mass is 79.9. The minimum atomic E-state index is 0.0929. The fourth-order valence-corrected chi connectivity index (χ4v) is 2.36. The number of aromatic nitrogens is 1. The zero-order valence-electron chi connectivity index (χ0n) is 11.9. The van der Waals surface area contributed by atoms with Crippen molar-refractivity contribution in [3.8, 4) is 0 Å². The molecule has 0 N–H and O–H groups in total. The summed E-state index contributed by atoms with van der Waals surface area (Å²) in [5.74, 6) is 0.548. The van der Waals surface area contributed by atoms with Gasteiger partial charge in [-0.05, 0) is 41.3 Å². The Morgan fingerprint density at radius 2 is 2.06 bits per heavy atom. The molecule has 0 aromatic carbocycles. The van der Waals surface area contributed by atoms with Gasteiger partial charge in [0.2, 0.25) is 0 Å². The van der Waals surface area contributed by atoms with Crippen LogP contribution in [0.5, 0.6) is 0 Å². The molecule has 0 bridgehead atoms. The molecule has 0 aliphatic heterocycles. The van der Waals surface area contributed by atoms with Gasteiger partial charge >= 0.3 is 0 Å². The zero-order chi connectivity index (χ0) is 13.9. The predicted octanol–water partition coefficient (Wildman–Crippen LogP) is 3.78. The van der Waals surface area contributed by atoms with Crippen molar-refractivity contribution in [2.75, 3.05) is 7.05 Å². The molecule has 0 spiro atoms. The number of hydrogen-bond acceptors (Lipinski definition) is 1. The van der Waals surface area contributed by atoms with Crippen molar-refractivity contribution in [3.05, 3.63) is 22.4 Å². The summed E-state index contributed by atoms with van der Waals surface area (Å²) < 4.78 is 2.99. The van der Waals surface area contributed by atoms with E-state index in [2.05, 4.69) is 43.6 Å². The maximum Gasteiger partial charge on any atom is 0.270 e. The molecular weight excluding hydrogens is 292 g/mol. The average molecular weight is 315 g/mol.